The van der Waals surface area contributed by atoms with Crippen LogP contribution in [0.5, 0.6) is 0 Å². The Hall–Kier alpha value is -3.65. The number of allylic oxidation sites excluding steroid dienone is 1. The van der Waals surface area contributed by atoms with E-state index >= 15 is 0 Å². The normalized spacial score (nSPS) is 18.3. The van der Waals surface area contributed by atoms with E-state index in [2.05, 4.69) is 60.7 Å². The van der Waals surface area contributed by atoms with E-state index in [1.165, 1.54) is 0 Å². The molecule has 5 rings (SSSR count). The number of likely N-dealkylation sites (N-methyl/N-ethyl adjacent to an activating group) is 1. The van der Waals surface area contributed by atoms with Gasteiger partial charge in [0.25, 0.3) is 0 Å². The molecular weight excluding hydrogens is 366 g/mol. The first-order chi connectivity index (χ1) is 14.7. The molecule has 4 aromatic rings. The van der Waals surface area contributed by atoms with Crippen molar-refractivity contribution in [2.24, 2.45) is 0 Å². The number of hydrogen-bond acceptors (Lipinski definition) is 1. The number of nitrogens with zero attached hydrogens (tertiary/aromatic N) is 1. The average Bonchev–Trinajstić information content (AvgIpc) is 3.02. The first-order valence-corrected chi connectivity index (χ1v) is 10.3. The highest BCUT2D eigenvalue weighted by atomic mass is 16.2. The van der Waals surface area contributed by atoms with Gasteiger partial charge in [0.15, 0.2) is 0 Å². The molecule has 0 spiro atoms. The van der Waals surface area contributed by atoms with Gasteiger partial charge in [0, 0.05) is 12.7 Å². The third kappa shape index (κ3) is 2.76. The van der Waals surface area contributed by atoms with E-state index in [1.54, 1.807) is 0 Å². The fourth-order valence-electron chi connectivity index (χ4n) is 4.74. The van der Waals surface area contributed by atoms with Gasteiger partial charge in [-0.05, 0) is 39.9 Å². The lowest BCUT2D eigenvalue weighted by molar-refractivity contribution is -0.121. The number of carbonyl (C=O) groups excluding carboxylic acids is 1. The molecule has 0 saturated heterocycles. The van der Waals surface area contributed by atoms with Gasteiger partial charge < -0.3 is 4.90 Å². The molecule has 0 N–H and O–H groups in total. The lowest BCUT2D eigenvalue weighted by Gasteiger charge is -2.29. The molecule has 2 heteroatoms. The fourth-order valence-corrected chi connectivity index (χ4v) is 4.74. The van der Waals surface area contributed by atoms with Gasteiger partial charge in [-0.15, -0.1) is 0 Å². The maximum Gasteiger partial charge on any atom is 0.242 e. The molecule has 0 aliphatic carbocycles. The smallest absolute Gasteiger partial charge is 0.242 e. The Bertz CT molecular complexity index is 1250. The van der Waals surface area contributed by atoms with Crippen LogP contribution in [-0.2, 0) is 10.2 Å². The molecule has 4 aromatic carbocycles. The van der Waals surface area contributed by atoms with Crippen molar-refractivity contribution in [2.45, 2.75) is 11.8 Å². The highest BCUT2D eigenvalue weighted by Gasteiger charge is 2.50. The molecule has 2 nitrogen and oxygen atoms in total. The van der Waals surface area contributed by atoms with Crippen LogP contribution in [0.1, 0.15) is 23.1 Å². The predicted molar refractivity (Wildman–Crippen MR) is 125 cm³/mol. The predicted octanol–water partition coefficient (Wildman–Crippen LogP) is 6.21. The van der Waals surface area contributed by atoms with Crippen molar-refractivity contribution < 1.29 is 4.79 Å². The number of rotatable bonds is 4. The van der Waals surface area contributed by atoms with Gasteiger partial charge in [-0.2, -0.15) is 0 Å². The van der Waals surface area contributed by atoms with Crippen LogP contribution in [-0.4, -0.2) is 13.0 Å². The summed E-state index contributed by atoms with van der Waals surface area (Å²) in [5, 5.41) is 2.29. The molecule has 0 bridgehead atoms. The zero-order chi connectivity index (χ0) is 20.6. The van der Waals surface area contributed by atoms with Crippen LogP contribution < -0.4 is 4.90 Å². The van der Waals surface area contributed by atoms with Crippen molar-refractivity contribution in [3.05, 3.63) is 120 Å². The van der Waals surface area contributed by atoms with Crippen molar-refractivity contribution in [2.75, 3.05) is 11.9 Å². The summed E-state index contributed by atoms with van der Waals surface area (Å²) in [6.07, 6.45) is 4.86. The van der Waals surface area contributed by atoms with Crippen LogP contribution in [0.25, 0.3) is 16.8 Å². The molecule has 1 unspecified atom stereocenters. The summed E-state index contributed by atoms with van der Waals surface area (Å²) in [4.78, 5) is 15.7. The summed E-state index contributed by atoms with van der Waals surface area (Å²) in [7, 11) is 1.88. The first-order valence-electron chi connectivity index (χ1n) is 10.3. The number of fused-ring (bicyclic) bond motifs is 2. The van der Waals surface area contributed by atoms with E-state index in [1.807, 2.05) is 60.5 Å². The Balaban J connectivity index is 1.73. The van der Waals surface area contributed by atoms with Crippen LogP contribution in [0.4, 0.5) is 5.69 Å². The molecule has 0 radical (unpaired) electrons. The SMILES string of the molecule is CN1C(=O)C(C/C=C/c2ccccc2)(c2cccc3ccccc23)c2ccccc21. The molecule has 1 amide bonds. The summed E-state index contributed by atoms with van der Waals surface area (Å²) >= 11 is 0. The topological polar surface area (TPSA) is 20.3 Å². The molecule has 0 saturated carbocycles. The van der Waals surface area contributed by atoms with Crippen molar-refractivity contribution >= 4 is 28.4 Å². The number of carbonyl (C=O) groups is 1. The number of hydrogen-bond donors (Lipinski definition) is 0. The third-order valence-corrected chi connectivity index (χ3v) is 6.18. The molecule has 0 fully saturated rings. The molecule has 1 atom stereocenters. The minimum atomic E-state index is -0.739. The summed E-state index contributed by atoms with van der Waals surface area (Å²) in [6.45, 7) is 0. The zero-order valence-corrected chi connectivity index (χ0v) is 17.0. The lowest BCUT2D eigenvalue weighted by Crippen LogP contribution is -2.39. The minimum Gasteiger partial charge on any atom is -0.314 e. The van der Waals surface area contributed by atoms with Crippen molar-refractivity contribution in [3.8, 4) is 0 Å². The standard InChI is InChI=1S/C28H23NO/c1-29-26-19-8-7-17-25(26)28(27(29)30,20-10-13-21-11-3-2-4-12-21)24-18-9-15-22-14-5-6-16-23(22)24/h2-19H,20H2,1H3/b13-10+. The Kier molecular flexibility index (Phi) is 4.48. The van der Waals surface area contributed by atoms with Gasteiger partial charge in [-0.25, -0.2) is 0 Å². The van der Waals surface area contributed by atoms with Crippen molar-refractivity contribution in [3.63, 3.8) is 0 Å². The van der Waals surface area contributed by atoms with E-state index in [9.17, 15) is 4.79 Å². The third-order valence-electron chi connectivity index (χ3n) is 6.18. The zero-order valence-electron chi connectivity index (χ0n) is 17.0. The van der Waals surface area contributed by atoms with E-state index in [0.29, 0.717) is 6.42 Å². The summed E-state index contributed by atoms with van der Waals surface area (Å²) < 4.78 is 0. The Morgan fingerprint density at radius 2 is 1.43 bits per heavy atom. The van der Waals surface area contributed by atoms with Gasteiger partial charge >= 0.3 is 0 Å². The second-order valence-corrected chi connectivity index (χ2v) is 7.83. The minimum absolute atomic E-state index is 0.123. The number of anilines is 1. The molecule has 1 aliphatic heterocycles. The monoisotopic (exact) mass is 389 g/mol. The Labute approximate surface area is 177 Å². The average molecular weight is 389 g/mol. The number of amides is 1. The first kappa shape index (κ1) is 18.4. The van der Waals surface area contributed by atoms with Crippen LogP contribution >= 0.6 is 0 Å². The molecule has 1 aliphatic rings. The van der Waals surface area contributed by atoms with E-state index in [0.717, 1.165) is 33.2 Å². The fraction of sp³-hybridized carbons (Fsp3) is 0.107. The second-order valence-electron chi connectivity index (χ2n) is 7.83. The maximum absolute atomic E-state index is 13.9. The molecule has 146 valence electrons. The van der Waals surface area contributed by atoms with Gasteiger partial charge in [0.2, 0.25) is 5.91 Å². The number of benzene rings is 4. The Morgan fingerprint density at radius 3 is 2.30 bits per heavy atom. The van der Waals surface area contributed by atoms with Crippen LogP contribution in [0, 0.1) is 0 Å². The van der Waals surface area contributed by atoms with Gasteiger partial charge in [0.1, 0.15) is 5.41 Å². The van der Waals surface area contributed by atoms with E-state index < -0.39 is 5.41 Å². The van der Waals surface area contributed by atoms with Crippen LogP contribution in [0.2, 0.25) is 0 Å². The maximum atomic E-state index is 13.9. The van der Waals surface area contributed by atoms with Gasteiger partial charge in [-0.1, -0.05) is 103 Å². The summed E-state index contributed by atoms with van der Waals surface area (Å²) in [5.74, 6) is 0.123. The molecule has 0 aromatic heterocycles. The van der Waals surface area contributed by atoms with Crippen molar-refractivity contribution in [1.82, 2.24) is 0 Å². The van der Waals surface area contributed by atoms with Crippen molar-refractivity contribution in [1.29, 1.82) is 0 Å². The number of para-hydroxylation sites is 1. The highest BCUT2D eigenvalue weighted by molar-refractivity contribution is 6.12. The molecule has 30 heavy (non-hydrogen) atoms. The van der Waals surface area contributed by atoms with Gasteiger partial charge in [-0.3, -0.25) is 4.79 Å². The van der Waals surface area contributed by atoms with E-state index in [-0.39, 0.29) is 5.91 Å². The van der Waals surface area contributed by atoms with Crippen LogP contribution in [0.15, 0.2) is 103 Å². The Morgan fingerprint density at radius 1 is 0.767 bits per heavy atom. The largest absolute Gasteiger partial charge is 0.314 e. The van der Waals surface area contributed by atoms with E-state index in [4.69, 9.17) is 0 Å². The lowest BCUT2D eigenvalue weighted by atomic mass is 9.71. The summed E-state index contributed by atoms with van der Waals surface area (Å²) in [5.41, 5.74) is 3.53. The highest BCUT2D eigenvalue weighted by Crippen LogP contribution is 2.49. The quantitative estimate of drug-likeness (QED) is 0.407. The summed E-state index contributed by atoms with van der Waals surface area (Å²) in [6, 6.07) is 33.1. The van der Waals surface area contributed by atoms with Gasteiger partial charge in [0.05, 0.1) is 0 Å². The van der Waals surface area contributed by atoms with Crippen LogP contribution in [0.3, 0.4) is 0 Å². The second kappa shape index (κ2) is 7.31. The molecule has 1 heterocycles. The molecular formula is C28H23NO.